The molecule has 0 aliphatic carbocycles. The van der Waals surface area contributed by atoms with E-state index in [4.69, 9.17) is 15.2 Å². The van der Waals surface area contributed by atoms with E-state index in [1.165, 1.54) is 19.2 Å². The molecule has 0 unspecified atom stereocenters. The van der Waals surface area contributed by atoms with Crippen LogP contribution in [0.25, 0.3) is 0 Å². The minimum absolute atomic E-state index is 0.143. The molecule has 1 aromatic rings. The maximum absolute atomic E-state index is 12.0. The predicted molar refractivity (Wildman–Crippen MR) is 75.6 cm³/mol. The Morgan fingerprint density at radius 1 is 1.35 bits per heavy atom. The monoisotopic (exact) mass is 281 g/mol. The molecule has 0 spiro atoms. The smallest absolute Gasteiger partial charge is 0.488 e. The van der Waals surface area contributed by atoms with Gasteiger partial charge in [0.1, 0.15) is 17.4 Å². The van der Waals surface area contributed by atoms with E-state index in [9.17, 15) is 14.8 Å². The number of carbonyl (C=O) groups is 1. The first-order valence-corrected chi connectivity index (χ1v) is 6.18. The van der Waals surface area contributed by atoms with Gasteiger partial charge >= 0.3 is 13.1 Å². The lowest BCUT2D eigenvalue weighted by atomic mass is 9.75. The van der Waals surface area contributed by atoms with E-state index < -0.39 is 24.7 Å². The third-order valence-corrected chi connectivity index (χ3v) is 2.57. The molecule has 0 bridgehead atoms. The lowest BCUT2D eigenvalue weighted by Crippen LogP contribution is -2.39. The SMILES string of the molecule is COc1ccc(B(O)O)c([C@@H](N)C(=O)OC(C)(C)C)c1. The summed E-state index contributed by atoms with van der Waals surface area (Å²) in [5, 5.41) is 18.7. The van der Waals surface area contributed by atoms with Crippen LogP contribution in [0.5, 0.6) is 5.75 Å². The summed E-state index contributed by atoms with van der Waals surface area (Å²) in [5.74, 6) is -0.184. The molecule has 110 valence electrons. The number of ether oxygens (including phenoxy) is 2. The Bertz CT molecular complexity index is 484. The molecular formula is C13H20BNO5. The molecule has 0 aromatic heterocycles. The standard InChI is InChI=1S/C13H20BNO5/c1-13(2,3)20-12(16)11(15)9-7-8(19-4)5-6-10(9)14(17)18/h5-7,11,17-18H,15H2,1-4H3/t11-/m1/s1. The molecule has 4 N–H and O–H groups in total. The fourth-order valence-corrected chi connectivity index (χ4v) is 1.68. The zero-order valence-electron chi connectivity index (χ0n) is 12.1. The average Bonchev–Trinajstić information content (AvgIpc) is 2.34. The maximum atomic E-state index is 12.0. The summed E-state index contributed by atoms with van der Waals surface area (Å²) in [5.41, 5.74) is 5.58. The fraction of sp³-hybridized carbons (Fsp3) is 0.462. The number of rotatable bonds is 4. The quantitative estimate of drug-likeness (QED) is 0.518. The van der Waals surface area contributed by atoms with E-state index in [0.717, 1.165) is 0 Å². The molecule has 0 radical (unpaired) electrons. The third-order valence-electron chi connectivity index (χ3n) is 2.57. The first-order valence-electron chi connectivity index (χ1n) is 6.18. The van der Waals surface area contributed by atoms with Gasteiger partial charge in [0.25, 0.3) is 0 Å². The first kappa shape index (κ1) is 16.5. The van der Waals surface area contributed by atoms with Gasteiger partial charge in [-0.3, -0.25) is 0 Å². The van der Waals surface area contributed by atoms with E-state index in [-0.39, 0.29) is 11.0 Å². The highest BCUT2D eigenvalue weighted by Crippen LogP contribution is 2.19. The Kier molecular flexibility index (Phi) is 5.16. The molecule has 0 saturated heterocycles. The van der Waals surface area contributed by atoms with E-state index in [2.05, 4.69) is 0 Å². The second-order valence-electron chi connectivity index (χ2n) is 5.38. The summed E-state index contributed by atoms with van der Waals surface area (Å²) in [4.78, 5) is 12.0. The van der Waals surface area contributed by atoms with Gasteiger partial charge in [0.05, 0.1) is 7.11 Å². The van der Waals surface area contributed by atoms with Crippen molar-refractivity contribution >= 4 is 18.6 Å². The van der Waals surface area contributed by atoms with Crippen LogP contribution in [0, 0.1) is 0 Å². The Morgan fingerprint density at radius 2 is 1.95 bits per heavy atom. The van der Waals surface area contributed by atoms with Crippen LogP contribution in [0.3, 0.4) is 0 Å². The van der Waals surface area contributed by atoms with Crippen molar-refractivity contribution in [2.75, 3.05) is 7.11 Å². The highest BCUT2D eigenvalue weighted by molar-refractivity contribution is 6.59. The molecular weight excluding hydrogens is 261 g/mol. The highest BCUT2D eigenvalue weighted by atomic mass is 16.6. The van der Waals surface area contributed by atoms with Crippen LogP contribution in [0.15, 0.2) is 18.2 Å². The van der Waals surface area contributed by atoms with Crippen LogP contribution in [0.1, 0.15) is 32.4 Å². The van der Waals surface area contributed by atoms with Gasteiger partial charge in [-0.15, -0.1) is 0 Å². The highest BCUT2D eigenvalue weighted by Gasteiger charge is 2.28. The van der Waals surface area contributed by atoms with Crippen LogP contribution < -0.4 is 15.9 Å². The topological polar surface area (TPSA) is 102 Å². The summed E-state index contributed by atoms with van der Waals surface area (Å²) >= 11 is 0. The van der Waals surface area contributed by atoms with Crippen molar-refractivity contribution in [2.45, 2.75) is 32.4 Å². The Hall–Kier alpha value is -1.57. The second-order valence-corrected chi connectivity index (χ2v) is 5.38. The van der Waals surface area contributed by atoms with Crippen LogP contribution in [0.2, 0.25) is 0 Å². The van der Waals surface area contributed by atoms with E-state index in [0.29, 0.717) is 5.75 Å². The Labute approximate surface area is 118 Å². The average molecular weight is 281 g/mol. The van der Waals surface area contributed by atoms with Gasteiger partial charge in [-0.25, -0.2) is 4.79 Å². The van der Waals surface area contributed by atoms with Crippen molar-refractivity contribution in [1.29, 1.82) is 0 Å². The predicted octanol–water partition coefficient (Wildman–Crippen LogP) is -0.283. The van der Waals surface area contributed by atoms with Gasteiger partial charge in [0.15, 0.2) is 0 Å². The minimum atomic E-state index is -1.73. The maximum Gasteiger partial charge on any atom is 0.488 e. The summed E-state index contributed by atoms with van der Waals surface area (Å²) in [7, 11) is -0.267. The summed E-state index contributed by atoms with van der Waals surface area (Å²) in [6, 6.07) is 3.37. The Balaban J connectivity index is 3.12. The van der Waals surface area contributed by atoms with Crippen molar-refractivity contribution in [3.05, 3.63) is 23.8 Å². The van der Waals surface area contributed by atoms with Gasteiger partial charge < -0.3 is 25.3 Å². The van der Waals surface area contributed by atoms with E-state index in [1.54, 1.807) is 26.8 Å². The molecule has 0 amide bonds. The summed E-state index contributed by atoms with van der Waals surface area (Å²) in [6.07, 6.45) is 0. The number of carbonyl (C=O) groups excluding carboxylic acids is 1. The fourth-order valence-electron chi connectivity index (χ4n) is 1.68. The largest absolute Gasteiger partial charge is 0.497 e. The molecule has 0 saturated carbocycles. The first-order chi connectivity index (χ1) is 9.15. The van der Waals surface area contributed by atoms with Gasteiger partial charge in [-0.2, -0.15) is 0 Å². The van der Waals surface area contributed by atoms with Crippen molar-refractivity contribution in [3.8, 4) is 5.75 Å². The van der Waals surface area contributed by atoms with E-state index in [1.807, 2.05) is 0 Å². The number of nitrogens with two attached hydrogens (primary N) is 1. The summed E-state index contributed by atoms with van der Waals surface area (Å²) < 4.78 is 10.2. The Morgan fingerprint density at radius 3 is 2.40 bits per heavy atom. The molecule has 7 heteroatoms. The molecule has 20 heavy (non-hydrogen) atoms. The molecule has 1 atom stereocenters. The van der Waals surface area contributed by atoms with Gasteiger partial charge in [-0.05, 0) is 43.9 Å². The van der Waals surface area contributed by atoms with Crippen LogP contribution >= 0.6 is 0 Å². The number of benzene rings is 1. The number of esters is 1. The van der Waals surface area contributed by atoms with Gasteiger partial charge in [-0.1, -0.05) is 6.07 Å². The van der Waals surface area contributed by atoms with Gasteiger partial charge in [0.2, 0.25) is 0 Å². The van der Waals surface area contributed by atoms with Crippen molar-refractivity contribution < 1.29 is 24.3 Å². The zero-order valence-corrected chi connectivity index (χ0v) is 12.1. The molecule has 0 aliphatic heterocycles. The second kappa shape index (κ2) is 6.26. The lowest BCUT2D eigenvalue weighted by molar-refractivity contribution is -0.156. The lowest BCUT2D eigenvalue weighted by Gasteiger charge is -2.23. The number of hydrogen-bond acceptors (Lipinski definition) is 6. The normalized spacial score (nSPS) is 12.8. The van der Waals surface area contributed by atoms with Crippen molar-refractivity contribution in [3.63, 3.8) is 0 Å². The van der Waals surface area contributed by atoms with Crippen molar-refractivity contribution in [1.82, 2.24) is 0 Å². The van der Waals surface area contributed by atoms with Gasteiger partial charge in [0, 0.05) is 0 Å². The molecule has 1 rings (SSSR count). The molecule has 1 aromatic carbocycles. The molecule has 0 aliphatic rings. The van der Waals surface area contributed by atoms with E-state index >= 15 is 0 Å². The molecule has 0 heterocycles. The van der Waals surface area contributed by atoms with Crippen molar-refractivity contribution in [2.24, 2.45) is 5.73 Å². The zero-order chi connectivity index (χ0) is 15.5. The van der Waals surface area contributed by atoms with Crippen LogP contribution in [-0.2, 0) is 9.53 Å². The minimum Gasteiger partial charge on any atom is -0.497 e. The number of hydrogen-bond donors (Lipinski definition) is 3. The van der Waals surface area contributed by atoms with Crippen LogP contribution in [0.4, 0.5) is 0 Å². The third kappa shape index (κ3) is 4.23. The number of methoxy groups -OCH3 is 1. The van der Waals surface area contributed by atoms with Crippen LogP contribution in [-0.4, -0.2) is 35.8 Å². The summed E-state index contributed by atoms with van der Waals surface area (Å²) in [6.45, 7) is 5.18. The molecule has 6 nitrogen and oxygen atoms in total. The molecule has 0 fully saturated rings.